The Labute approximate surface area is 144 Å². The van der Waals surface area contributed by atoms with E-state index in [1.807, 2.05) is 13.8 Å². The molecule has 5 nitrogen and oxygen atoms in total. The minimum atomic E-state index is -3.48. The lowest BCUT2D eigenvalue weighted by molar-refractivity contribution is -0.111. The monoisotopic (exact) mass is 350 g/mol. The first-order chi connectivity index (χ1) is 11.2. The van der Waals surface area contributed by atoms with Gasteiger partial charge in [-0.05, 0) is 56.4 Å². The Morgan fingerprint density at radius 3 is 2.17 bits per heavy atom. The number of allylic oxidation sites excluding steroid dienone is 1. The van der Waals surface area contributed by atoms with Crippen molar-refractivity contribution in [3.8, 4) is 0 Å². The molecule has 0 aliphatic carbocycles. The number of piperidine rings is 1. The van der Waals surface area contributed by atoms with Crippen molar-refractivity contribution in [2.24, 2.45) is 11.8 Å². The van der Waals surface area contributed by atoms with Crippen LogP contribution in [0.5, 0.6) is 0 Å². The van der Waals surface area contributed by atoms with Crippen molar-refractivity contribution in [1.29, 1.82) is 0 Å². The molecule has 1 amide bonds. The second kappa shape index (κ2) is 7.49. The summed E-state index contributed by atoms with van der Waals surface area (Å²) >= 11 is 0. The van der Waals surface area contributed by atoms with Gasteiger partial charge in [0.1, 0.15) is 0 Å². The maximum Gasteiger partial charge on any atom is 0.248 e. The second-order valence-corrected chi connectivity index (χ2v) is 8.94. The minimum absolute atomic E-state index is 0.218. The largest absolute Gasteiger partial charge is 0.323 e. The number of nitrogens with one attached hydrogen (secondary N) is 1. The first-order valence-corrected chi connectivity index (χ1v) is 9.68. The second-order valence-electron chi connectivity index (χ2n) is 7.00. The molecule has 1 N–H and O–H groups in total. The maximum absolute atomic E-state index is 12.8. The van der Waals surface area contributed by atoms with E-state index in [0.717, 1.165) is 12.0 Å². The first-order valence-electron chi connectivity index (χ1n) is 8.24. The van der Waals surface area contributed by atoms with Crippen LogP contribution >= 0.6 is 0 Å². The highest BCUT2D eigenvalue weighted by Gasteiger charge is 2.31. The predicted octanol–water partition coefficient (Wildman–Crippen LogP) is 3.26. The van der Waals surface area contributed by atoms with E-state index in [0.29, 0.717) is 30.6 Å². The lowest BCUT2D eigenvalue weighted by Crippen LogP contribution is -2.42. The molecule has 1 aliphatic rings. The minimum Gasteiger partial charge on any atom is -0.323 e. The van der Waals surface area contributed by atoms with Gasteiger partial charge in [0.05, 0.1) is 4.90 Å². The molecular weight excluding hydrogens is 324 g/mol. The maximum atomic E-state index is 12.8. The van der Waals surface area contributed by atoms with E-state index in [1.165, 1.54) is 6.08 Å². The lowest BCUT2D eigenvalue weighted by Gasteiger charge is -2.34. The summed E-state index contributed by atoms with van der Waals surface area (Å²) in [5, 5.41) is 2.72. The SMILES string of the molecule is CC(C)=CC(=O)Nc1ccc(S(=O)(=O)N2C[C@@H](C)C[C@H](C)C2)cc1. The number of benzene rings is 1. The van der Waals surface area contributed by atoms with Crippen molar-refractivity contribution in [1.82, 2.24) is 4.31 Å². The van der Waals surface area contributed by atoms with Gasteiger partial charge in [-0.15, -0.1) is 0 Å². The van der Waals surface area contributed by atoms with E-state index in [9.17, 15) is 13.2 Å². The summed E-state index contributed by atoms with van der Waals surface area (Å²) in [5.41, 5.74) is 1.48. The van der Waals surface area contributed by atoms with Crippen LogP contribution in [0.1, 0.15) is 34.1 Å². The number of nitrogens with zero attached hydrogens (tertiary/aromatic N) is 1. The summed E-state index contributed by atoms with van der Waals surface area (Å²) in [5.74, 6) is 0.515. The third-order valence-corrected chi connectivity index (χ3v) is 5.86. The molecule has 2 atom stereocenters. The fourth-order valence-electron chi connectivity index (χ4n) is 3.10. The van der Waals surface area contributed by atoms with Crippen molar-refractivity contribution in [2.75, 3.05) is 18.4 Å². The van der Waals surface area contributed by atoms with Gasteiger partial charge in [-0.2, -0.15) is 4.31 Å². The number of rotatable bonds is 4. The molecule has 0 saturated carbocycles. The van der Waals surface area contributed by atoms with Gasteiger partial charge in [0, 0.05) is 24.9 Å². The van der Waals surface area contributed by atoms with Crippen LogP contribution in [0.3, 0.4) is 0 Å². The van der Waals surface area contributed by atoms with Crippen LogP contribution in [0.4, 0.5) is 5.69 Å². The Morgan fingerprint density at radius 1 is 1.12 bits per heavy atom. The number of hydrogen-bond donors (Lipinski definition) is 1. The topological polar surface area (TPSA) is 66.5 Å². The Bertz CT molecular complexity index is 709. The van der Waals surface area contributed by atoms with E-state index in [2.05, 4.69) is 19.2 Å². The number of anilines is 1. The Hall–Kier alpha value is -1.66. The summed E-state index contributed by atoms with van der Waals surface area (Å²) in [6, 6.07) is 6.36. The smallest absolute Gasteiger partial charge is 0.248 e. The molecular formula is C18H26N2O3S. The van der Waals surface area contributed by atoms with E-state index in [4.69, 9.17) is 0 Å². The fourth-order valence-corrected chi connectivity index (χ4v) is 4.78. The fraction of sp³-hybridized carbons (Fsp3) is 0.500. The zero-order chi connectivity index (χ0) is 17.9. The highest BCUT2D eigenvalue weighted by Crippen LogP contribution is 2.27. The average Bonchev–Trinajstić information content (AvgIpc) is 2.45. The van der Waals surface area contributed by atoms with Crippen LogP contribution in [0, 0.1) is 11.8 Å². The normalized spacial score (nSPS) is 22.0. The molecule has 1 saturated heterocycles. The third-order valence-electron chi connectivity index (χ3n) is 4.01. The summed E-state index contributed by atoms with van der Waals surface area (Å²) in [4.78, 5) is 12.0. The summed E-state index contributed by atoms with van der Waals surface area (Å²) < 4.78 is 27.1. The van der Waals surface area contributed by atoms with Crippen molar-refractivity contribution < 1.29 is 13.2 Å². The van der Waals surface area contributed by atoms with Gasteiger partial charge in [-0.25, -0.2) is 8.42 Å². The molecule has 0 bridgehead atoms. The van der Waals surface area contributed by atoms with Crippen LogP contribution in [0.15, 0.2) is 40.8 Å². The van der Waals surface area contributed by atoms with Crippen LogP contribution in [0.2, 0.25) is 0 Å². The van der Waals surface area contributed by atoms with Gasteiger partial charge in [0.25, 0.3) is 0 Å². The number of sulfonamides is 1. The first kappa shape index (κ1) is 18.7. The van der Waals surface area contributed by atoms with Crippen LogP contribution in [0.25, 0.3) is 0 Å². The lowest BCUT2D eigenvalue weighted by atomic mass is 9.94. The molecule has 0 radical (unpaired) electrons. The van der Waals surface area contributed by atoms with Crippen molar-refractivity contribution in [2.45, 2.75) is 39.0 Å². The van der Waals surface area contributed by atoms with E-state index < -0.39 is 10.0 Å². The van der Waals surface area contributed by atoms with Gasteiger partial charge < -0.3 is 5.32 Å². The molecule has 132 valence electrons. The van der Waals surface area contributed by atoms with E-state index in [1.54, 1.807) is 28.6 Å². The summed E-state index contributed by atoms with van der Waals surface area (Å²) in [6.07, 6.45) is 2.56. The Morgan fingerprint density at radius 2 is 1.67 bits per heavy atom. The molecule has 1 aliphatic heterocycles. The molecule has 0 unspecified atom stereocenters. The predicted molar refractivity (Wildman–Crippen MR) is 96.2 cm³/mol. The van der Waals surface area contributed by atoms with E-state index in [-0.39, 0.29) is 10.8 Å². The quantitative estimate of drug-likeness (QED) is 0.848. The average molecular weight is 350 g/mol. The highest BCUT2D eigenvalue weighted by molar-refractivity contribution is 7.89. The van der Waals surface area contributed by atoms with Gasteiger partial charge in [-0.3, -0.25) is 4.79 Å². The van der Waals surface area contributed by atoms with Crippen LogP contribution in [-0.4, -0.2) is 31.7 Å². The number of carbonyl (C=O) groups is 1. The molecule has 1 aromatic rings. The van der Waals surface area contributed by atoms with Gasteiger partial charge in [0.15, 0.2) is 0 Å². The molecule has 6 heteroatoms. The van der Waals surface area contributed by atoms with Crippen molar-refractivity contribution >= 4 is 21.6 Å². The van der Waals surface area contributed by atoms with Crippen molar-refractivity contribution in [3.63, 3.8) is 0 Å². The molecule has 0 spiro atoms. The molecule has 1 fully saturated rings. The van der Waals surface area contributed by atoms with Crippen LogP contribution in [-0.2, 0) is 14.8 Å². The number of carbonyl (C=O) groups excluding carboxylic acids is 1. The third kappa shape index (κ3) is 4.68. The summed E-state index contributed by atoms with van der Waals surface area (Å²) in [6.45, 7) is 8.98. The molecule has 2 rings (SSSR count). The molecule has 0 aromatic heterocycles. The number of hydrogen-bond acceptors (Lipinski definition) is 3. The standard InChI is InChI=1S/C18H26N2O3S/c1-13(2)9-18(21)19-16-5-7-17(8-6-16)24(22,23)20-11-14(3)10-15(4)12-20/h5-9,14-15H,10-12H2,1-4H3,(H,19,21)/t14-,15-/m0/s1. The number of amides is 1. The van der Waals surface area contributed by atoms with Crippen LogP contribution < -0.4 is 5.32 Å². The van der Waals surface area contributed by atoms with Gasteiger partial charge in [0.2, 0.25) is 15.9 Å². The van der Waals surface area contributed by atoms with Crippen molar-refractivity contribution in [3.05, 3.63) is 35.9 Å². The van der Waals surface area contributed by atoms with Gasteiger partial charge in [-0.1, -0.05) is 19.4 Å². The van der Waals surface area contributed by atoms with Gasteiger partial charge >= 0.3 is 0 Å². The Kier molecular flexibility index (Phi) is 5.83. The molecule has 1 heterocycles. The summed E-state index contributed by atoms with van der Waals surface area (Å²) in [7, 11) is -3.48. The molecule has 24 heavy (non-hydrogen) atoms. The van der Waals surface area contributed by atoms with E-state index >= 15 is 0 Å². The Balaban J connectivity index is 2.14. The highest BCUT2D eigenvalue weighted by atomic mass is 32.2. The zero-order valence-electron chi connectivity index (χ0n) is 14.7. The zero-order valence-corrected chi connectivity index (χ0v) is 15.6. The molecule has 1 aromatic carbocycles.